The molecular formula is C15H14BrNO. The summed E-state index contributed by atoms with van der Waals surface area (Å²) in [4.78, 5) is 0. The lowest BCUT2D eigenvalue weighted by atomic mass is 10.0. The van der Waals surface area contributed by atoms with Crippen LogP contribution in [0.3, 0.4) is 0 Å². The van der Waals surface area contributed by atoms with Crippen LogP contribution < -0.4 is 5.73 Å². The molecule has 92 valence electrons. The molecule has 0 aliphatic carbocycles. The fourth-order valence-electron chi connectivity index (χ4n) is 2.50. The van der Waals surface area contributed by atoms with E-state index < -0.39 is 0 Å². The zero-order chi connectivity index (χ0) is 12.7. The van der Waals surface area contributed by atoms with Crippen molar-refractivity contribution >= 4 is 37.7 Å². The zero-order valence-electron chi connectivity index (χ0n) is 10.2. The molecule has 0 saturated heterocycles. The van der Waals surface area contributed by atoms with E-state index in [0.717, 1.165) is 22.2 Å². The highest BCUT2D eigenvalue weighted by Gasteiger charge is 2.15. The SMILES string of the molecule is CCc1c(CN)oc2c(Br)c3ccccc3cc12. The smallest absolute Gasteiger partial charge is 0.149 e. The topological polar surface area (TPSA) is 39.2 Å². The fourth-order valence-corrected chi connectivity index (χ4v) is 3.15. The molecule has 2 nitrogen and oxygen atoms in total. The standard InChI is InChI=1S/C15H14BrNO/c1-2-10-12-7-9-5-3-4-6-11(9)14(16)15(12)18-13(10)8-17/h3-7H,2,8,17H2,1H3. The van der Waals surface area contributed by atoms with Gasteiger partial charge in [0.15, 0.2) is 0 Å². The summed E-state index contributed by atoms with van der Waals surface area (Å²) in [6.45, 7) is 2.58. The van der Waals surface area contributed by atoms with Crippen LogP contribution in [0.1, 0.15) is 18.2 Å². The molecule has 2 aromatic carbocycles. The lowest BCUT2D eigenvalue weighted by Crippen LogP contribution is -1.97. The van der Waals surface area contributed by atoms with Crippen LogP contribution in [0.2, 0.25) is 0 Å². The second-order valence-corrected chi connectivity index (χ2v) is 5.14. The molecule has 0 fully saturated rings. The van der Waals surface area contributed by atoms with Crippen LogP contribution in [0.25, 0.3) is 21.7 Å². The average Bonchev–Trinajstić information content (AvgIpc) is 2.77. The van der Waals surface area contributed by atoms with Crippen molar-refractivity contribution in [2.24, 2.45) is 5.73 Å². The third-order valence-corrected chi connectivity index (χ3v) is 4.15. The van der Waals surface area contributed by atoms with Crippen molar-refractivity contribution in [1.82, 2.24) is 0 Å². The van der Waals surface area contributed by atoms with Gasteiger partial charge in [0.1, 0.15) is 11.3 Å². The Hall–Kier alpha value is -1.32. The summed E-state index contributed by atoms with van der Waals surface area (Å²) in [5, 5.41) is 3.56. The van der Waals surface area contributed by atoms with Crippen molar-refractivity contribution in [2.75, 3.05) is 0 Å². The van der Waals surface area contributed by atoms with Gasteiger partial charge in [-0.3, -0.25) is 0 Å². The maximum atomic E-state index is 5.91. The van der Waals surface area contributed by atoms with Gasteiger partial charge < -0.3 is 10.2 Å². The predicted octanol–water partition coefficient (Wildman–Crippen LogP) is 4.37. The molecule has 2 N–H and O–H groups in total. The van der Waals surface area contributed by atoms with Crippen LogP contribution in [0, 0.1) is 0 Å². The molecule has 18 heavy (non-hydrogen) atoms. The predicted molar refractivity (Wildman–Crippen MR) is 78.7 cm³/mol. The van der Waals surface area contributed by atoms with E-state index in [1.54, 1.807) is 0 Å². The Balaban J connectivity index is 2.49. The maximum Gasteiger partial charge on any atom is 0.149 e. The summed E-state index contributed by atoms with van der Waals surface area (Å²) in [5.74, 6) is 0.892. The van der Waals surface area contributed by atoms with Crippen LogP contribution >= 0.6 is 15.9 Å². The maximum absolute atomic E-state index is 5.91. The molecular weight excluding hydrogens is 290 g/mol. The van der Waals surface area contributed by atoms with Gasteiger partial charge in [-0.2, -0.15) is 0 Å². The first-order valence-electron chi connectivity index (χ1n) is 6.07. The van der Waals surface area contributed by atoms with Crippen LogP contribution in [-0.4, -0.2) is 0 Å². The van der Waals surface area contributed by atoms with Gasteiger partial charge in [0.2, 0.25) is 0 Å². The summed E-state index contributed by atoms with van der Waals surface area (Å²) in [7, 11) is 0. The van der Waals surface area contributed by atoms with Crippen molar-refractivity contribution in [3.63, 3.8) is 0 Å². The fraction of sp³-hybridized carbons (Fsp3) is 0.200. The number of nitrogens with two attached hydrogens (primary N) is 1. The molecule has 0 radical (unpaired) electrons. The largest absolute Gasteiger partial charge is 0.458 e. The quantitative estimate of drug-likeness (QED) is 0.763. The number of benzene rings is 2. The number of furan rings is 1. The molecule has 0 unspecified atom stereocenters. The number of rotatable bonds is 2. The zero-order valence-corrected chi connectivity index (χ0v) is 11.8. The van der Waals surface area contributed by atoms with E-state index in [4.69, 9.17) is 10.2 Å². The number of hydrogen-bond donors (Lipinski definition) is 1. The minimum Gasteiger partial charge on any atom is -0.458 e. The summed E-state index contributed by atoms with van der Waals surface area (Å²) >= 11 is 3.65. The molecule has 0 aliphatic rings. The Bertz CT molecular complexity index is 730. The minimum absolute atomic E-state index is 0.445. The van der Waals surface area contributed by atoms with Gasteiger partial charge >= 0.3 is 0 Å². The molecule has 3 aromatic rings. The Labute approximate surface area is 114 Å². The summed E-state index contributed by atoms with van der Waals surface area (Å²) in [6.07, 6.45) is 0.935. The second kappa shape index (κ2) is 4.41. The Kier molecular flexibility index (Phi) is 2.88. The molecule has 3 heteroatoms. The number of aryl methyl sites for hydroxylation is 1. The molecule has 0 amide bonds. The Morgan fingerprint density at radius 3 is 2.72 bits per heavy atom. The van der Waals surface area contributed by atoms with Gasteiger partial charge in [0.25, 0.3) is 0 Å². The van der Waals surface area contributed by atoms with Gasteiger partial charge in [-0.15, -0.1) is 0 Å². The highest BCUT2D eigenvalue weighted by Crippen LogP contribution is 2.37. The first kappa shape index (κ1) is 11.8. The third-order valence-electron chi connectivity index (χ3n) is 3.37. The highest BCUT2D eigenvalue weighted by molar-refractivity contribution is 9.10. The molecule has 0 aliphatic heterocycles. The van der Waals surface area contributed by atoms with Crippen LogP contribution in [0.5, 0.6) is 0 Å². The van der Waals surface area contributed by atoms with Crippen molar-refractivity contribution in [3.8, 4) is 0 Å². The van der Waals surface area contributed by atoms with Gasteiger partial charge in [-0.05, 0) is 39.2 Å². The average molecular weight is 304 g/mol. The van der Waals surface area contributed by atoms with Crippen LogP contribution in [-0.2, 0) is 13.0 Å². The van der Waals surface area contributed by atoms with E-state index in [1.165, 1.54) is 21.7 Å². The number of fused-ring (bicyclic) bond motifs is 2. The summed E-state index contributed by atoms with van der Waals surface area (Å²) < 4.78 is 6.92. The van der Waals surface area contributed by atoms with Gasteiger partial charge in [0.05, 0.1) is 11.0 Å². The van der Waals surface area contributed by atoms with E-state index in [-0.39, 0.29) is 0 Å². The van der Waals surface area contributed by atoms with Gasteiger partial charge in [-0.1, -0.05) is 31.2 Å². The Morgan fingerprint density at radius 1 is 1.22 bits per heavy atom. The van der Waals surface area contributed by atoms with E-state index >= 15 is 0 Å². The molecule has 0 atom stereocenters. The molecule has 1 heterocycles. The molecule has 3 rings (SSSR count). The van der Waals surface area contributed by atoms with Crippen LogP contribution in [0.4, 0.5) is 0 Å². The first-order chi connectivity index (χ1) is 8.76. The van der Waals surface area contributed by atoms with Gasteiger partial charge in [0, 0.05) is 10.9 Å². The van der Waals surface area contributed by atoms with Crippen LogP contribution in [0.15, 0.2) is 39.2 Å². The first-order valence-corrected chi connectivity index (χ1v) is 6.87. The number of halogens is 1. The summed E-state index contributed by atoms with van der Waals surface area (Å²) in [5.41, 5.74) is 7.89. The second-order valence-electron chi connectivity index (χ2n) is 4.35. The lowest BCUT2D eigenvalue weighted by molar-refractivity contribution is 0.545. The normalized spacial score (nSPS) is 11.5. The molecule has 0 spiro atoms. The van der Waals surface area contributed by atoms with Crippen molar-refractivity contribution in [1.29, 1.82) is 0 Å². The minimum atomic E-state index is 0.445. The van der Waals surface area contributed by atoms with Crippen molar-refractivity contribution in [3.05, 3.63) is 46.1 Å². The van der Waals surface area contributed by atoms with E-state index in [2.05, 4.69) is 47.1 Å². The van der Waals surface area contributed by atoms with Crippen molar-refractivity contribution < 1.29 is 4.42 Å². The molecule has 0 bridgehead atoms. The van der Waals surface area contributed by atoms with E-state index in [9.17, 15) is 0 Å². The number of hydrogen-bond acceptors (Lipinski definition) is 2. The highest BCUT2D eigenvalue weighted by atomic mass is 79.9. The van der Waals surface area contributed by atoms with Gasteiger partial charge in [-0.25, -0.2) is 0 Å². The van der Waals surface area contributed by atoms with E-state index in [0.29, 0.717) is 6.54 Å². The monoisotopic (exact) mass is 303 g/mol. The lowest BCUT2D eigenvalue weighted by Gasteiger charge is -2.02. The van der Waals surface area contributed by atoms with E-state index in [1.807, 2.05) is 6.07 Å². The Morgan fingerprint density at radius 2 is 2.00 bits per heavy atom. The molecule has 1 aromatic heterocycles. The third kappa shape index (κ3) is 1.58. The van der Waals surface area contributed by atoms with Crippen molar-refractivity contribution in [2.45, 2.75) is 19.9 Å². The molecule has 0 saturated carbocycles. The summed E-state index contributed by atoms with van der Waals surface area (Å²) in [6, 6.07) is 10.5.